The standard InChI is InChI=1S/C11H20O2.2ClH.Ni/c1-10(2,3)8(12)7-9(13)11(4,5)6;;;/h7H2,1-6H3;2*1H;/q;;;+2/p-2. The van der Waals surface area contributed by atoms with Gasteiger partial charge in [0.2, 0.25) is 0 Å². The molecular weight excluding hydrogens is 294 g/mol. The summed E-state index contributed by atoms with van der Waals surface area (Å²) >= 11 is 0.569. The molecule has 0 bridgehead atoms. The van der Waals surface area contributed by atoms with Crippen LogP contribution in [0.4, 0.5) is 0 Å². The Kier molecular flexibility index (Phi) is 9.01. The molecule has 0 N–H and O–H groups in total. The van der Waals surface area contributed by atoms with Crippen molar-refractivity contribution in [3.8, 4) is 0 Å². The average Bonchev–Trinajstić information content (AvgIpc) is 2.01. The zero-order valence-electron chi connectivity index (χ0n) is 10.6. The summed E-state index contributed by atoms with van der Waals surface area (Å²) in [6.07, 6.45) is 0.0625. The van der Waals surface area contributed by atoms with Gasteiger partial charge in [-0.25, -0.2) is 0 Å². The molecule has 0 aromatic carbocycles. The zero-order chi connectivity index (χ0) is 13.6. The summed E-state index contributed by atoms with van der Waals surface area (Å²) in [6.45, 7) is 11.0. The van der Waals surface area contributed by atoms with Crippen LogP contribution in [0.3, 0.4) is 0 Å². The SMILES string of the molecule is CC(C)(C)C(=O)CC(=O)C(C)(C)C.[Cl][Ni][Cl]. The van der Waals surface area contributed by atoms with Gasteiger partial charge in [0.25, 0.3) is 0 Å². The van der Waals surface area contributed by atoms with Crippen molar-refractivity contribution in [3.63, 3.8) is 0 Å². The molecule has 0 fully saturated rings. The minimum atomic E-state index is -0.402. The fourth-order valence-electron chi connectivity index (χ4n) is 0.676. The van der Waals surface area contributed by atoms with Crippen LogP contribution in [-0.2, 0) is 22.2 Å². The second-order valence-electron chi connectivity index (χ2n) is 5.57. The Labute approximate surface area is 113 Å². The molecule has 0 unspecified atom stereocenters. The Hall–Kier alpha value is 0.414. The van der Waals surface area contributed by atoms with Gasteiger partial charge < -0.3 is 0 Å². The molecule has 0 atom stereocenters. The van der Waals surface area contributed by atoms with Crippen LogP contribution in [0.25, 0.3) is 0 Å². The third-order valence-corrected chi connectivity index (χ3v) is 1.99. The van der Waals surface area contributed by atoms with Gasteiger partial charge in [0, 0.05) is 10.8 Å². The van der Waals surface area contributed by atoms with E-state index in [9.17, 15) is 9.59 Å². The number of hydrogen-bond donors (Lipinski definition) is 0. The van der Waals surface area contributed by atoms with E-state index < -0.39 is 10.8 Å². The number of halogens is 2. The molecule has 0 aliphatic heterocycles. The van der Waals surface area contributed by atoms with Crippen LogP contribution in [0, 0.1) is 10.8 Å². The number of ketones is 2. The summed E-state index contributed by atoms with van der Waals surface area (Å²) in [6, 6.07) is 0. The second kappa shape index (κ2) is 7.68. The fourth-order valence-corrected chi connectivity index (χ4v) is 0.676. The third kappa shape index (κ3) is 9.63. The summed E-state index contributed by atoms with van der Waals surface area (Å²) in [4.78, 5) is 23.0. The Bertz CT molecular complexity index is 215. The van der Waals surface area contributed by atoms with Gasteiger partial charge in [-0.1, -0.05) is 41.5 Å². The van der Waals surface area contributed by atoms with Gasteiger partial charge >= 0.3 is 33.0 Å². The molecular formula is C11H20Cl2NiO2. The van der Waals surface area contributed by atoms with Crippen LogP contribution >= 0.6 is 20.4 Å². The monoisotopic (exact) mass is 312 g/mol. The van der Waals surface area contributed by atoms with Gasteiger partial charge in [-0.2, -0.15) is 0 Å². The first-order chi connectivity index (χ1) is 6.96. The zero-order valence-corrected chi connectivity index (χ0v) is 13.1. The van der Waals surface area contributed by atoms with E-state index >= 15 is 0 Å². The predicted molar refractivity (Wildman–Crippen MR) is 65.2 cm³/mol. The van der Waals surface area contributed by atoms with E-state index in [2.05, 4.69) is 0 Å². The Morgan fingerprint density at radius 3 is 1.19 bits per heavy atom. The van der Waals surface area contributed by atoms with Gasteiger partial charge in [0.1, 0.15) is 11.6 Å². The summed E-state index contributed by atoms with van der Waals surface area (Å²) < 4.78 is 0. The summed E-state index contributed by atoms with van der Waals surface area (Å²) in [5.41, 5.74) is -0.804. The number of Topliss-reactive ketones (excluding diaryl/α,β-unsaturated/α-hetero) is 2. The van der Waals surface area contributed by atoms with Crippen LogP contribution in [-0.4, -0.2) is 11.6 Å². The summed E-state index contributed by atoms with van der Waals surface area (Å²) in [7, 11) is 9.40. The molecule has 2 nitrogen and oxygen atoms in total. The van der Waals surface area contributed by atoms with E-state index in [-0.39, 0.29) is 18.0 Å². The molecule has 0 aliphatic rings. The third-order valence-electron chi connectivity index (χ3n) is 1.99. The van der Waals surface area contributed by atoms with E-state index in [1.165, 1.54) is 0 Å². The first kappa shape index (κ1) is 18.8. The maximum absolute atomic E-state index is 11.5. The van der Waals surface area contributed by atoms with Crippen molar-refractivity contribution in [2.45, 2.75) is 48.0 Å². The van der Waals surface area contributed by atoms with Gasteiger partial charge in [-0.05, 0) is 0 Å². The van der Waals surface area contributed by atoms with Crippen LogP contribution in [0.5, 0.6) is 0 Å². The van der Waals surface area contributed by atoms with Gasteiger partial charge in [-0.3, -0.25) is 9.59 Å². The van der Waals surface area contributed by atoms with Crippen LogP contribution in [0.15, 0.2) is 0 Å². The molecule has 0 saturated heterocycles. The maximum atomic E-state index is 11.5. The Morgan fingerprint density at radius 1 is 0.875 bits per heavy atom. The Morgan fingerprint density at radius 2 is 1.06 bits per heavy atom. The topological polar surface area (TPSA) is 34.1 Å². The van der Waals surface area contributed by atoms with Gasteiger partial charge in [-0.15, -0.1) is 0 Å². The van der Waals surface area contributed by atoms with Crippen molar-refractivity contribution >= 4 is 32.0 Å². The second-order valence-corrected chi connectivity index (χ2v) is 7.20. The molecule has 0 aromatic heterocycles. The quantitative estimate of drug-likeness (QED) is 0.571. The molecule has 0 aromatic rings. The van der Waals surface area contributed by atoms with E-state index in [0.717, 1.165) is 0 Å². The molecule has 0 aliphatic carbocycles. The molecule has 0 radical (unpaired) electrons. The van der Waals surface area contributed by atoms with Crippen molar-refractivity contribution in [1.29, 1.82) is 0 Å². The van der Waals surface area contributed by atoms with Crippen LogP contribution in [0.1, 0.15) is 48.0 Å². The van der Waals surface area contributed by atoms with Crippen LogP contribution < -0.4 is 0 Å². The van der Waals surface area contributed by atoms with E-state index in [0.29, 0.717) is 12.7 Å². The fraction of sp³-hybridized carbons (Fsp3) is 0.818. The van der Waals surface area contributed by atoms with Crippen molar-refractivity contribution in [2.75, 3.05) is 0 Å². The van der Waals surface area contributed by atoms with Crippen LogP contribution in [0.2, 0.25) is 0 Å². The number of carbonyl (C=O) groups excluding carboxylic acids is 2. The molecule has 0 amide bonds. The molecule has 0 heterocycles. The first-order valence-electron chi connectivity index (χ1n) is 4.85. The summed E-state index contributed by atoms with van der Waals surface area (Å²) in [5, 5.41) is 0. The van der Waals surface area contributed by atoms with Gasteiger partial charge in [0.15, 0.2) is 0 Å². The summed E-state index contributed by atoms with van der Waals surface area (Å²) in [5.74, 6) is 0.0415. The molecule has 0 rings (SSSR count). The molecule has 0 spiro atoms. The predicted octanol–water partition coefficient (Wildman–Crippen LogP) is 3.98. The Balaban J connectivity index is 0. The minimum absolute atomic E-state index is 0.0208. The van der Waals surface area contributed by atoms with Gasteiger partial charge in [0.05, 0.1) is 6.42 Å². The van der Waals surface area contributed by atoms with Crippen molar-refractivity contribution in [1.82, 2.24) is 0 Å². The number of rotatable bonds is 2. The molecule has 5 heteroatoms. The molecule has 100 valence electrons. The normalized spacial score (nSPS) is 11.8. The van der Waals surface area contributed by atoms with Crippen molar-refractivity contribution in [3.05, 3.63) is 0 Å². The molecule has 0 saturated carbocycles. The van der Waals surface area contributed by atoms with E-state index in [1.54, 1.807) is 0 Å². The first-order valence-corrected chi connectivity index (χ1v) is 7.57. The van der Waals surface area contributed by atoms with E-state index in [4.69, 9.17) is 20.4 Å². The molecule has 16 heavy (non-hydrogen) atoms. The number of hydrogen-bond acceptors (Lipinski definition) is 2. The number of carbonyl (C=O) groups is 2. The van der Waals surface area contributed by atoms with E-state index in [1.807, 2.05) is 41.5 Å². The van der Waals surface area contributed by atoms with Crippen molar-refractivity contribution < 1.29 is 22.2 Å². The average molecular weight is 314 g/mol. The van der Waals surface area contributed by atoms with Crippen molar-refractivity contribution in [2.24, 2.45) is 10.8 Å².